The highest BCUT2D eigenvalue weighted by molar-refractivity contribution is 5.24. The lowest BCUT2D eigenvalue weighted by Crippen LogP contribution is -2.25. The summed E-state index contributed by atoms with van der Waals surface area (Å²) in [6, 6.07) is 0. The van der Waals surface area contributed by atoms with E-state index in [1.807, 2.05) is 0 Å². The molecule has 0 bridgehead atoms. The Morgan fingerprint density at radius 3 is 2.53 bits per heavy atom. The van der Waals surface area contributed by atoms with Crippen molar-refractivity contribution in [2.75, 3.05) is 13.1 Å². The molecule has 0 spiro atoms. The lowest BCUT2D eigenvalue weighted by molar-refractivity contribution is 0.416. The van der Waals surface area contributed by atoms with Gasteiger partial charge in [0.2, 0.25) is 0 Å². The third kappa shape index (κ3) is 3.84. The van der Waals surface area contributed by atoms with Gasteiger partial charge in [-0.25, -0.2) is 0 Å². The standard InChI is InChI=1S/C14H27N3/c1-6-8-15-9-11(3)10-17-13(5)14(7-2)12(4)16-17/h11,15H,6-10H2,1-5H3. The molecule has 3 nitrogen and oxygen atoms in total. The van der Waals surface area contributed by atoms with Gasteiger partial charge in [0.05, 0.1) is 5.69 Å². The number of aromatic nitrogens is 2. The fraction of sp³-hybridized carbons (Fsp3) is 0.786. The summed E-state index contributed by atoms with van der Waals surface area (Å²) < 4.78 is 2.17. The normalized spacial score (nSPS) is 13.0. The molecule has 17 heavy (non-hydrogen) atoms. The van der Waals surface area contributed by atoms with Gasteiger partial charge < -0.3 is 5.32 Å². The molecule has 1 rings (SSSR count). The highest BCUT2D eigenvalue weighted by atomic mass is 15.3. The van der Waals surface area contributed by atoms with Crippen molar-refractivity contribution in [2.45, 2.75) is 54.0 Å². The topological polar surface area (TPSA) is 29.9 Å². The van der Waals surface area contributed by atoms with Gasteiger partial charge in [0.1, 0.15) is 0 Å². The van der Waals surface area contributed by atoms with E-state index < -0.39 is 0 Å². The molecular formula is C14H27N3. The Bertz CT molecular complexity index is 341. The van der Waals surface area contributed by atoms with Gasteiger partial charge in [-0.2, -0.15) is 5.10 Å². The van der Waals surface area contributed by atoms with Gasteiger partial charge in [0, 0.05) is 12.2 Å². The molecule has 0 radical (unpaired) electrons. The van der Waals surface area contributed by atoms with Gasteiger partial charge in [-0.05, 0) is 51.3 Å². The molecule has 1 N–H and O–H groups in total. The summed E-state index contributed by atoms with van der Waals surface area (Å²) >= 11 is 0. The molecular weight excluding hydrogens is 210 g/mol. The van der Waals surface area contributed by atoms with Crippen molar-refractivity contribution in [3.05, 3.63) is 17.0 Å². The number of hydrogen-bond donors (Lipinski definition) is 1. The maximum Gasteiger partial charge on any atom is 0.0628 e. The first-order valence-corrected chi connectivity index (χ1v) is 6.83. The maximum atomic E-state index is 4.64. The summed E-state index contributed by atoms with van der Waals surface area (Å²) in [6.45, 7) is 14.2. The average molecular weight is 237 g/mol. The molecule has 1 heterocycles. The summed E-state index contributed by atoms with van der Waals surface area (Å²) in [5.74, 6) is 0.629. The van der Waals surface area contributed by atoms with Crippen molar-refractivity contribution in [2.24, 2.45) is 5.92 Å². The van der Waals surface area contributed by atoms with Crippen LogP contribution in [0.4, 0.5) is 0 Å². The molecule has 1 aromatic rings. The van der Waals surface area contributed by atoms with Crippen LogP contribution >= 0.6 is 0 Å². The largest absolute Gasteiger partial charge is 0.316 e. The summed E-state index contributed by atoms with van der Waals surface area (Å²) in [4.78, 5) is 0. The fourth-order valence-electron chi connectivity index (χ4n) is 2.31. The second kappa shape index (κ2) is 6.80. The quantitative estimate of drug-likeness (QED) is 0.739. The van der Waals surface area contributed by atoms with Crippen molar-refractivity contribution in [1.82, 2.24) is 15.1 Å². The van der Waals surface area contributed by atoms with Gasteiger partial charge in [-0.3, -0.25) is 4.68 Å². The van der Waals surface area contributed by atoms with Crippen molar-refractivity contribution in [3.8, 4) is 0 Å². The Morgan fingerprint density at radius 2 is 2.00 bits per heavy atom. The van der Waals surface area contributed by atoms with Crippen molar-refractivity contribution >= 4 is 0 Å². The second-order valence-corrected chi connectivity index (χ2v) is 4.99. The van der Waals surface area contributed by atoms with E-state index in [1.165, 1.54) is 23.4 Å². The van der Waals surface area contributed by atoms with Crippen LogP contribution in [0.3, 0.4) is 0 Å². The molecule has 0 saturated carbocycles. The van der Waals surface area contributed by atoms with E-state index in [2.05, 4.69) is 49.7 Å². The molecule has 0 aliphatic heterocycles. The van der Waals surface area contributed by atoms with Gasteiger partial charge >= 0.3 is 0 Å². The molecule has 0 fully saturated rings. The van der Waals surface area contributed by atoms with Crippen LogP contribution in [-0.4, -0.2) is 22.9 Å². The molecule has 0 aromatic carbocycles. The minimum atomic E-state index is 0.629. The molecule has 1 unspecified atom stereocenters. The summed E-state index contributed by atoms with van der Waals surface area (Å²) in [6.07, 6.45) is 2.28. The Morgan fingerprint density at radius 1 is 1.29 bits per heavy atom. The molecule has 1 atom stereocenters. The van der Waals surface area contributed by atoms with E-state index in [4.69, 9.17) is 0 Å². The van der Waals surface area contributed by atoms with Gasteiger partial charge in [0.25, 0.3) is 0 Å². The number of hydrogen-bond acceptors (Lipinski definition) is 2. The Balaban J connectivity index is 2.56. The Hall–Kier alpha value is -0.830. The zero-order chi connectivity index (χ0) is 12.8. The SMILES string of the molecule is CCCNCC(C)Cn1nc(C)c(CC)c1C. The zero-order valence-electron chi connectivity index (χ0n) is 12.0. The van der Waals surface area contributed by atoms with Crippen LogP contribution in [0.2, 0.25) is 0 Å². The van der Waals surface area contributed by atoms with Crippen LogP contribution in [0.5, 0.6) is 0 Å². The van der Waals surface area contributed by atoms with Crippen LogP contribution < -0.4 is 5.32 Å². The third-order valence-corrected chi connectivity index (χ3v) is 3.29. The monoisotopic (exact) mass is 237 g/mol. The number of aryl methyl sites for hydroxylation is 1. The third-order valence-electron chi connectivity index (χ3n) is 3.29. The Labute approximate surface area is 106 Å². The van der Waals surface area contributed by atoms with E-state index in [9.17, 15) is 0 Å². The van der Waals surface area contributed by atoms with Gasteiger partial charge in [-0.1, -0.05) is 20.8 Å². The number of rotatable bonds is 7. The number of nitrogens with zero attached hydrogens (tertiary/aromatic N) is 2. The lowest BCUT2D eigenvalue weighted by atomic mass is 10.1. The molecule has 1 aromatic heterocycles. The zero-order valence-corrected chi connectivity index (χ0v) is 12.0. The average Bonchev–Trinajstić information content (AvgIpc) is 2.54. The minimum Gasteiger partial charge on any atom is -0.316 e. The smallest absolute Gasteiger partial charge is 0.0628 e. The van der Waals surface area contributed by atoms with Crippen molar-refractivity contribution < 1.29 is 0 Å². The Kier molecular flexibility index (Phi) is 5.69. The highest BCUT2D eigenvalue weighted by Crippen LogP contribution is 2.14. The fourth-order valence-corrected chi connectivity index (χ4v) is 2.31. The molecule has 0 saturated heterocycles. The minimum absolute atomic E-state index is 0.629. The lowest BCUT2D eigenvalue weighted by Gasteiger charge is -2.13. The van der Waals surface area contributed by atoms with Crippen LogP contribution in [0.1, 0.15) is 44.1 Å². The summed E-state index contributed by atoms with van der Waals surface area (Å²) in [5, 5.41) is 8.11. The van der Waals surface area contributed by atoms with E-state index in [0.29, 0.717) is 5.92 Å². The van der Waals surface area contributed by atoms with Gasteiger partial charge in [0.15, 0.2) is 0 Å². The van der Waals surface area contributed by atoms with Crippen LogP contribution in [0.15, 0.2) is 0 Å². The molecule has 98 valence electrons. The van der Waals surface area contributed by atoms with Crippen molar-refractivity contribution in [1.29, 1.82) is 0 Å². The number of nitrogens with one attached hydrogen (secondary N) is 1. The van der Waals surface area contributed by atoms with Crippen LogP contribution in [0, 0.1) is 19.8 Å². The van der Waals surface area contributed by atoms with E-state index in [1.54, 1.807) is 0 Å². The van der Waals surface area contributed by atoms with Gasteiger partial charge in [-0.15, -0.1) is 0 Å². The molecule has 3 heteroatoms. The van der Waals surface area contributed by atoms with E-state index >= 15 is 0 Å². The molecule has 0 aliphatic rings. The maximum absolute atomic E-state index is 4.64. The second-order valence-electron chi connectivity index (χ2n) is 4.99. The first-order chi connectivity index (χ1) is 8.10. The predicted octanol–water partition coefficient (Wildman–Crippen LogP) is 2.70. The van der Waals surface area contributed by atoms with E-state index in [0.717, 1.165) is 26.1 Å². The summed E-state index contributed by atoms with van der Waals surface area (Å²) in [7, 11) is 0. The van der Waals surface area contributed by atoms with Crippen LogP contribution in [-0.2, 0) is 13.0 Å². The van der Waals surface area contributed by atoms with Crippen molar-refractivity contribution in [3.63, 3.8) is 0 Å². The van der Waals surface area contributed by atoms with Crippen LogP contribution in [0.25, 0.3) is 0 Å². The predicted molar refractivity (Wildman–Crippen MR) is 73.4 cm³/mol. The molecule has 0 aliphatic carbocycles. The van der Waals surface area contributed by atoms with E-state index in [-0.39, 0.29) is 0 Å². The molecule has 0 amide bonds. The first-order valence-electron chi connectivity index (χ1n) is 6.83. The highest BCUT2D eigenvalue weighted by Gasteiger charge is 2.11. The first kappa shape index (κ1) is 14.2. The summed E-state index contributed by atoms with van der Waals surface area (Å²) in [5.41, 5.74) is 3.95.